The summed E-state index contributed by atoms with van der Waals surface area (Å²) in [6.07, 6.45) is 4.49. The van der Waals surface area contributed by atoms with Gasteiger partial charge in [-0.25, -0.2) is 14.8 Å². The van der Waals surface area contributed by atoms with Gasteiger partial charge in [-0.15, -0.1) is 11.3 Å². The second kappa shape index (κ2) is 6.71. The predicted octanol–water partition coefficient (Wildman–Crippen LogP) is 1.70. The lowest BCUT2D eigenvalue weighted by molar-refractivity contribution is -0.117. The minimum absolute atomic E-state index is 0.0590. The Kier molecular flexibility index (Phi) is 4.67. The van der Waals surface area contributed by atoms with Gasteiger partial charge in [0.2, 0.25) is 5.91 Å². The molecule has 3 amide bonds. The third-order valence-corrected chi connectivity index (χ3v) is 5.67. The Bertz CT molecular complexity index is 774. The number of carbonyl (C=O) groups excluding carboxylic acids is 2. The summed E-state index contributed by atoms with van der Waals surface area (Å²) < 4.78 is 0. The number of thiophene rings is 1. The van der Waals surface area contributed by atoms with E-state index in [1.54, 1.807) is 11.3 Å². The molecule has 7 nitrogen and oxygen atoms in total. The van der Waals surface area contributed by atoms with Crippen molar-refractivity contribution in [1.82, 2.24) is 20.6 Å². The molecule has 0 fully saturated rings. The SMILES string of the molecule is CNC(=O)NC(=O)CSc1nc(N)c2c3c(sc2n1)CCCC3. The van der Waals surface area contributed by atoms with Crippen LogP contribution < -0.4 is 16.4 Å². The van der Waals surface area contributed by atoms with Crippen LogP contribution in [0.3, 0.4) is 0 Å². The fourth-order valence-electron chi connectivity index (χ4n) is 2.59. The first-order chi connectivity index (χ1) is 11.1. The summed E-state index contributed by atoms with van der Waals surface area (Å²) in [6.45, 7) is 0. The quantitative estimate of drug-likeness (QED) is 0.573. The molecule has 2 heterocycles. The average Bonchev–Trinajstić information content (AvgIpc) is 2.91. The highest BCUT2D eigenvalue weighted by Gasteiger charge is 2.20. The Morgan fingerprint density at radius 1 is 1.30 bits per heavy atom. The van der Waals surface area contributed by atoms with E-state index in [1.165, 1.54) is 42.1 Å². The number of thioether (sulfide) groups is 1. The maximum Gasteiger partial charge on any atom is 0.321 e. The maximum absolute atomic E-state index is 11.6. The number of amides is 3. The lowest BCUT2D eigenvalue weighted by atomic mass is 9.97. The predicted molar refractivity (Wildman–Crippen MR) is 91.8 cm³/mol. The molecule has 0 aromatic carbocycles. The van der Waals surface area contributed by atoms with Crippen molar-refractivity contribution in [2.45, 2.75) is 30.8 Å². The van der Waals surface area contributed by atoms with E-state index in [0.29, 0.717) is 11.0 Å². The molecule has 1 aliphatic rings. The molecule has 3 rings (SSSR count). The summed E-state index contributed by atoms with van der Waals surface area (Å²) in [7, 11) is 1.45. The van der Waals surface area contributed by atoms with Crippen LogP contribution in [0.15, 0.2) is 5.16 Å². The molecule has 1 aliphatic carbocycles. The molecule has 23 heavy (non-hydrogen) atoms. The Labute approximate surface area is 141 Å². The molecule has 0 aliphatic heterocycles. The number of aryl methyl sites for hydroxylation is 2. The van der Waals surface area contributed by atoms with Crippen LogP contribution in [0.4, 0.5) is 10.6 Å². The van der Waals surface area contributed by atoms with Gasteiger partial charge in [0.15, 0.2) is 5.16 Å². The number of hydrogen-bond donors (Lipinski definition) is 3. The number of fused-ring (bicyclic) bond motifs is 3. The number of imide groups is 1. The van der Waals surface area contributed by atoms with Crippen molar-refractivity contribution >= 4 is 51.1 Å². The van der Waals surface area contributed by atoms with Crippen LogP contribution in [0.2, 0.25) is 0 Å². The summed E-state index contributed by atoms with van der Waals surface area (Å²) in [5.74, 6) is 0.134. The lowest BCUT2D eigenvalue weighted by Gasteiger charge is -2.10. The molecule has 0 saturated heterocycles. The minimum Gasteiger partial charge on any atom is -0.383 e. The van der Waals surface area contributed by atoms with Crippen LogP contribution in [-0.4, -0.2) is 34.7 Å². The Morgan fingerprint density at radius 3 is 2.87 bits per heavy atom. The normalized spacial score (nSPS) is 13.6. The number of carbonyl (C=O) groups is 2. The fraction of sp³-hybridized carbons (Fsp3) is 0.429. The monoisotopic (exact) mass is 351 g/mol. The summed E-state index contributed by atoms with van der Waals surface area (Å²) in [5, 5.41) is 5.96. The third kappa shape index (κ3) is 3.40. The molecule has 0 saturated carbocycles. The smallest absolute Gasteiger partial charge is 0.321 e. The zero-order valence-electron chi connectivity index (χ0n) is 12.6. The molecule has 0 spiro atoms. The number of hydrogen-bond acceptors (Lipinski definition) is 7. The number of aromatic nitrogens is 2. The van der Waals surface area contributed by atoms with Gasteiger partial charge in [0.05, 0.1) is 11.1 Å². The molecule has 0 bridgehead atoms. The molecule has 2 aromatic heterocycles. The zero-order valence-corrected chi connectivity index (χ0v) is 14.3. The van der Waals surface area contributed by atoms with Crippen molar-refractivity contribution in [2.75, 3.05) is 18.5 Å². The summed E-state index contributed by atoms with van der Waals surface area (Å²) in [4.78, 5) is 33.8. The highest BCUT2D eigenvalue weighted by Crippen LogP contribution is 2.38. The first kappa shape index (κ1) is 16.0. The number of rotatable bonds is 3. The van der Waals surface area contributed by atoms with Crippen molar-refractivity contribution in [2.24, 2.45) is 0 Å². The van der Waals surface area contributed by atoms with Crippen LogP contribution in [-0.2, 0) is 17.6 Å². The first-order valence-electron chi connectivity index (χ1n) is 7.30. The second-order valence-corrected chi connectivity index (χ2v) is 7.22. The number of nitrogens with one attached hydrogen (secondary N) is 2. The number of nitrogen functional groups attached to an aromatic ring is 1. The van der Waals surface area contributed by atoms with Gasteiger partial charge in [-0.2, -0.15) is 0 Å². The van der Waals surface area contributed by atoms with E-state index < -0.39 is 11.9 Å². The summed E-state index contributed by atoms with van der Waals surface area (Å²) in [5.41, 5.74) is 7.41. The van der Waals surface area contributed by atoms with Gasteiger partial charge in [-0.1, -0.05) is 11.8 Å². The molecule has 0 unspecified atom stereocenters. The van der Waals surface area contributed by atoms with Crippen molar-refractivity contribution in [3.8, 4) is 0 Å². The number of anilines is 1. The molecule has 4 N–H and O–H groups in total. The zero-order chi connectivity index (χ0) is 16.4. The summed E-state index contributed by atoms with van der Waals surface area (Å²) >= 11 is 2.84. The molecule has 9 heteroatoms. The highest BCUT2D eigenvalue weighted by molar-refractivity contribution is 7.99. The number of nitrogens with two attached hydrogens (primary N) is 1. The van der Waals surface area contributed by atoms with E-state index in [-0.39, 0.29) is 5.75 Å². The van der Waals surface area contributed by atoms with Crippen molar-refractivity contribution in [3.63, 3.8) is 0 Å². The van der Waals surface area contributed by atoms with Crippen LogP contribution in [0.1, 0.15) is 23.3 Å². The molecule has 122 valence electrons. The number of nitrogens with zero attached hydrogens (tertiary/aromatic N) is 2. The van der Waals surface area contributed by atoms with Crippen LogP contribution >= 0.6 is 23.1 Å². The van der Waals surface area contributed by atoms with Crippen LogP contribution in [0.5, 0.6) is 0 Å². The van der Waals surface area contributed by atoms with E-state index in [0.717, 1.165) is 23.1 Å². The van der Waals surface area contributed by atoms with Crippen molar-refractivity contribution in [1.29, 1.82) is 0 Å². The molecule has 2 aromatic rings. The lowest BCUT2D eigenvalue weighted by Crippen LogP contribution is -2.38. The van der Waals surface area contributed by atoms with Gasteiger partial charge < -0.3 is 11.1 Å². The van der Waals surface area contributed by atoms with Gasteiger partial charge in [0.25, 0.3) is 0 Å². The van der Waals surface area contributed by atoms with E-state index in [9.17, 15) is 9.59 Å². The Balaban J connectivity index is 1.78. The van der Waals surface area contributed by atoms with Crippen molar-refractivity contribution < 1.29 is 9.59 Å². The van der Waals surface area contributed by atoms with Gasteiger partial charge in [-0.05, 0) is 31.2 Å². The molecule has 0 atom stereocenters. The van der Waals surface area contributed by atoms with Gasteiger partial charge >= 0.3 is 6.03 Å². The Morgan fingerprint density at radius 2 is 2.09 bits per heavy atom. The maximum atomic E-state index is 11.6. The van der Waals surface area contributed by atoms with Gasteiger partial charge in [-0.3, -0.25) is 10.1 Å². The van der Waals surface area contributed by atoms with Crippen LogP contribution in [0, 0.1) is 0 Å². The van der Waals surface area contributed by atoms with Crippen molar-refractivity contribution in [3.05, 3.63) is 10.4 Å². The standard InChI is InChI=1S/C14H17N5O2S2/c1-16-13(21)17-9(20)6-22-14-18-11(15)10-7-4-2-3-5-8(7)23-12(10)19-14/h2-6H2,1H3,(H2,15,18,19)(H2,16,17,20,21). The average molecular weight is 351 g/mol. The van der Waals surface area contributed by atoms with E-state index in [1.807, 2.05) is 0 Å². The molecule has 0 radical (unpaired) electrons. The first-order valence-corrected chi connectivity index (χ1v) is 9.11. The Hall–Kier alpha value is -1.87. The third-order valence-electron chi connectivity index (χ3n) is 3.63. The fourth-order valence-corrected chi connectivity index (χ4v) is 4.56. The van der Waals surface area contributed by atoms with Gasteiger partial charge in [0.1, 0.15) is 10.6 Å². The molecular formula is C14H17N5O2S2. The minimum atomic E-state index is -0.530. The van der Waals surface area contributed by atoms with Crippen LogP contribution in [0.25, 0.3) is 10.2 Å². The van der Waals surface area contributed by atoms with E-state index in [2.05, 4.69) is 20.6 Å². The van der Waals surface area contributed by atoms with E-state index >= 15 is 0 Å². The number of urea groups is 1. The summed E-state index contributed by atoms with van der Waals surface area (Å²) in [6, 6.07) is -0.530. The topological polar surface area (TPSA) is 110 Å². The molecular weight excluding hydrogens is 334 g/mol. The van der Waals surface area contributed by atoms with Gasteiger partial charge in [0, 0.05) is 11.9 Å². The van der Waals surface area contributed by atoms with E-state index in [4.69, 9.17) is 5.73 Å². The second-order valence-electron chi connectivity index (χ2n) is 5.20. The largest absolute Gasteiger partial charge is 0.383 e. The highest BCUT2D eigenvalue weighted by atomic mass is 32.2.